The molecule has 3 nitrogen and oxygen atoms in total. The summed E-state index contributed by atoms with van der Waals surface area (Å²) in [6, 6.07) is 0. The van der Waals surface area contributed by atoms with Gasteiger partial charge in [0, 0.05) is 11.5 Å². The summed E-state index contributed by atoms with van der Waals surface area (Å²) in [5, 5.41) is 0. The van der Waals surface area contributed by atoms with Crippen molar-refractivity contribution < 1.29 is 9.11 Å². The second-order valence-corrected chi connectivity index (χ2v) is 5.65. The smallest absolute Gasteiger partial charge is 0.0377 e. The zero-order valence-corrected chi connectivity index (χ0v) is 7.52. The molecule has 0 aromatic heterocycles. The van der Waals surface area contributed by atoms with Crippen LogP contribution in [0, 0.1) is 5.92 Å². The van der Waals surface area contributed by atoms with Gasteiger partial charge in [-0.05, 0) is 31.7 Å². The first kappa shape index (κ1) is 9.32. The molecule has 1 rings (SSSR count). The molecule has 1 saturated heterocycles. The Hall–Kier alpha value is 0.230. The molecule has 0 radical (unpaired) electrons. The average molecular weight is 179 g/mol. The molecule has 1 heterocycles. The van der Waals surface area contributed by atoms with Crippen LogP contribution in [0.3, 0.4) is 0 Å². The number of hydrogen-bond donors (Lipinski definition) is 3. The Morgan fingerprint density at radius 3 is 2.27 bits per heavy atom. The molecule has 1 aliphatic rings. The largest absolute Gasteiger partial charge is 0.330 e. The zero-order valence-electron chi connectivity index (χ0n) is 6.70. The van der Waals surface area contributed by atoms with Crippen molar-refractivity contribution in [3.63, 3.8) is 0 Å². The number of hydrogen-bond acceptors (Lipinski definition) is 3. The molecule has 0 unspecified atom stereocenters. The minimum Gasteiger partial charge on any atom is -0.330 e. The lowest BCUT2D eigenvalue weighted by atomic mass is 9.99. The lowest BCUT2D eigenvalue weighted by Crippen LogP contribution is -2.22. The predicted octanol–water partition coefficient (Wildman–Crippen LogP) is 1.50. The first-order valence-corrected chi connectivity index (χ1v) is 5.96. The maximum atomic E-state index is 9.27. The first-order chi connectivity index (χ1) is 5.14. The van der Waals surface area contributed by atoms with Crippen LogP contribution in [0.15, 0.2) is 0 Å². The van der Waals surface area contributed by atoms with Gasteiger partial charge in [0.2, 0.25) is 0 Å². The standard InChI is InChI=1S/C7H17NO2S/c8-4-1-7-2-5-11(9,10)6-3-7/h7,9-10H,1-6,8H2. The maximum Gasteiger partial charge on any atom is 0.0377 e. The van der Waals surface area contributed by atoms with E-state index in [1.54, 1.807) is 0 Å². The molecular weight excluding hydrogens is 162 g/mol. The Labute approximate surface area is 69.3 Å². The third kappa shape index (κ3) is 2.99. The van der Waals surface area contributed by atoms with Crippen molar-refractivity contribution in [3.05, 3.63) is 0 Å². The van der Waals surface area contributed by atoms with E-state index in [0.29, 0.717) is 17.4 Å². The van der Waals surface area contributed by atoms with Gasteiger partial charge in [-0.1, -0.05) is 0 Å². The van der Waals surface area contributed by atoms with Crippen molar-refractivity contribution in [1.82, 2.24) is 0 Å². The van der Waals surface area contributed by atoms with Crippen molar-refractivity contribution in [2.75, 3.05) is 18.1 Å². The van der Waals surface area contributed by atoms with E-state index in [9.17, 15) is 9.11 Å². The van der Waals surface area contributed by atoms with Crippen molar-refractivity contribution in [2.45, 2.75) is 19.3 Å². The fraction of sp³-hybridized carbons (Fsp3) is 1.00. The topological polar surface area (TPSA) is 66.5 Å². The highest BCUT2D eigenvalue weighted by molar-refractivity contribution is 8.24. The lowest BCUT2D eigenvalue weighted by molar-refractivity contribution is 0.404. The highest BCUT2D eigenvalue weighted by Crippen LogP contribution is 2.46. The van der Waals surface area contributed by atoms with E-state index in [1.165, 1.54) is 0 Å². The van der Waals surface area contributed by atoms with Gasteiger partial charge in [0.1, 0.15) is 0 Å². The van der Waals surface area contributed by atoms with E-state index in [1.807, 2.05) is 0 Å². The second kappa shape index (κ2) is 3.76. The molecule has 0 amide bonds. The van der Waals surface area contributed by atoms with Gasteiger partial charge in [-0.2, -0.15) is 10.6 Å². The molecule has 0 bridgehead atoms. The van der Waals surface area contributed by atoms with Crippen molar-refractivity contribution in [3.8, 4) is 0 Å². The van der Waals surface area contributed by atoms with Crippen molar-refractivity contribution in [1.29, 1.82) is 0 Å². The number of rotatable bonds is 2. The summed E-state index contributed by atoms with van der Waals surface area (Å²) in [6.45, 7) is 0.726. The Morgan fingerprint density at radius 2 is 1.82 bits per heavy atom. The summed E-state index contributed by atoms with van der Waals surface area (Å²) in [5.74, 6) is 1.83. The van der Waals surface area contributed by atoms with Crippen LogP contribution >= 0.6 is 10.6 Å². The molecule has 0 spiro atoms. The van der Waals surface area contributed by atoms with Gasteiger partial charge in [-0.25, -0.2) is 0 Å². The normalized spacial score (nSPS) is 28.3. The van der Waals surface area contributed by atoms with E-state index in [0.717, 1.165) is 25.8 Å². The fourth-order valence-corrected chi connectivity index (χ4v) is 3.11. The van der Waals surface area contributed by atoms with E-state index in [2.05, 4.69) is 0 Å². The Kier molecular flexibility index (Phi) is 3.18. The molecule has 0 aliphatic carbocycles. The molecule has 4 heteroatoms. The maximum absolute atomic E-state index is 9.27. The zero-order chi connectivity index (χ0) is 8.32. The van der Waals surface area contributed by atoms with Crippen molar-refractivity contribution in [2.24, 2.45) is 11.7 Å². The quantitative estimate of drug-likeness (QED) is 0.601. The average Bonchev–Trinajstić information content (AvgIpc) is 1.94. The van der Waals surface area contributed by atoms with Crippen LogP contribution in [-0.4, -0.2) is 27.2 Å². The van der Waals surface area contributed by atoms with E-state index >= 15 is 0 Å². The molecule has 1 fully saturated rings. The highest BCUT2D eigenvalue weighted by Gasteiger charge is 2.22. The molecule has 0 aromatic carbocycles. The Balaban J connectivity index is 2.25. The van der Waals surface area contributed by atoms with Gasteiger partial charge in [0.15, 0.2) is 0 Å². The molecule has 0 saturated carbocycles. The van der Waals surface area contributed by atoms with Crippen LogP contribution in [-0.2, 0) is 0 Å². The van der Waals surface area contributed by atoms with Gasteiger partial charge in [-0.3, -0.25) is 9.11 Å². The van der Waals surface area contributed by atoms with E-state index < -0.39 is 10.6 Å². The molecule has 0 atom stereocenters. The number of nitrogens with two attached hydrogens (primary N) is 1. The monoisotopic (exact) mass is 179 g/mol. The Bertz CT molecular complexity index is 120. The van der Waals surface area contributed by atoms with Crippen LogP contribution in [0.2, 0.25) is 0 Å². The van der Waals surface area contributed by atoms with Crippen LogP contribution in [0.25, 0.3) is 0 Å². The predicted molar refractivity (Wildman–Crippen MR) is 49.0 cm³/mol. The SMILES string of the molecule is NCCC1CCS(O)(O)CC1. The van der Waals surface area contributed by atoms with Crippen LogP contribution in [0.1, 0.15) is 19.3 Å². The molecule has 4 N–H and O–H groups in total. The second-order valence-electron chi connectivity index (χ2n) is 3.23. The molecule has 1 aliphatic heterocycles. The third-order valence-corrected chi connectivity index (χ3v) is 4.06. The molecular formula is C7H17NO2S. The summed E-state index contributed by atoms with van der Waals surface area (Å²) in [5.41, 5.74) is 5.41. The highest BCUT2D eigenvalue weighted by atomic mass is 32.3. The summed E-state index contributed by atoms with van der Waals surface area (Å²) in [6.07, 6.45) is 2.93. The van der Waals surface area contributed by atoms with Crippen LogP contribution < -0.4 is 5.73 Å². The molecule has 11 heavy (non-hydrogen) atoms. The summed E-state index contributed by atoms with van der Waals surface area (Å²) < 4.78 is 18.5. The van der Waals surface area contributed by atoms with Crippen molar-refractivity contribution >= 4 is 10.6 Å². The summed E-state index contributed by atoms with van der Waals surface area (Å²) in [7, 11) is -2.17. The summed E-state index contributed by atoms with van der Waals surface area (Å²) >= 11 is 0. The van der Waals surface area contributed by atoms with Crippen LogP contribution in [0.5, 0.6) is 0 Å². The molecule has 68 valence electrons. The third-order valence-electron chi connectivity index (χ3n) is 2.28. The summed E-state index contributed by atoms with van der Waals surface area (Å²) in [4.78, 5) is 0. The Morgan fingerprint density at radius 1 is 1.27 bits per heavy atom. The first-order valence-electron chi connectivity index (χ1n) is 4.08. The van der Waals surface area contributed by atoms with Gasteiger partial charge >= 0.3 is 0 Å². The van der Waals surface area contributed by atoms with E-state index in [4.69, 9.17) is 5.73 Å². The minimum atomic E-state index is -2.17. The van der Waals surface area contributed by atoms with E-state index in [-0.39, 0.29) is 0 Å². The van der Waals surface area contributed by atoms with Gasteiger partial charge in [0.25, 0.3) is 0 Å². The van der Waals surface area contributed by atoms with Gasteiger partial charge < -0.3 is 5.73 Å². The fourth-order valence-electron chi connectivity index (χ4n) is 1.48. The minimum absolute atomic E-state index is 0.595. The molecule has 0 aromatic rings. The lowest BCUT2D eigenvalue weighted by Gasteiger charge is -2.39. The van der Waals surface area contributed by atoms with Gasteiger partial charge in [-0.15, -0.1) is 0 Å². The van der Waals surface area contributed by atoms with Crippen LogP contribution in [0.4, 0.5) is 0 Å². The van der Waals surface area contributed by atoms with Gasteiger partial charge in [0.05, 0.1) is 0 Å².